The Bertz CT molecular complexity index is 296. The van der Waals surface area contributed by atoms with Gasteiger partial charge in [-0.05, 0) is 6.92 Å². The molecule has 6 heteroatoms. The fourth-order valence-corrected chi connectivity index (χ4v) is 3.09. The minimum atomic E-state index is 0.858. The average molecular weight is 244 g/mol. The van der Waals surface area contributed by atoms with Crippen molar-refractivity contribution in [1.29, 1.82) is 0 Å². The Morgan fingerprint density at radius 3 is 2.87 bits per heavy atom. The van der Waals surface area contributed by atoms with E-state index < -0.39 is 0 Å². The molecule has 84 valence electrons. The van der Waals surface area contributed by atoms with Gasteiger partial charge in [0.2, 0.25) is 5.13 Å². The first-order valence-corrected chi connectivity index (χ1v) is 7.12. The molecule has 1 fully saturated rings. The first kappa shape index (κ1) is 11.2. The topological polar surface area (TPSA) is 41.1 Å². The zero-order valence-electron chi connectivity index (χ0n) is 8.90. The molecule has 1 aromatic heterocycles. The van der Waals surface area contributed by atoms with Gasteiger partial charge in [0.1, 0.15) is 5.82 Å². The summed E-state index contributed by atoms with van der Waals surface area (Å²) in [6.45, 7) is 6.45. The molecule has 0 atom stereocenters. The lowest BCUT2D eigenvalue weighted by atomic mass is 10.4. The number of hydrogen-bond acceptors (Lipinski definition) is 6. The number of anilines is 1. The van der Waals surface area contributed by atoms with Crippen LogP contribution in [0.2, 0.25) is 0 Å². The molecule has 2 heterocycles. The van der Waals surface area contributed by atoms with Crippen molar-refractivity contribution in [2.75, 3.05) is 43.0 Å². The van der Waals surface area contributed by atoms with Crippen LogP contribution in [0.5, 0.6) is 0 Å². The summed E-state index contributed by atoms with van der Waals surface area (Å²) in [5, 5.41) is 4.25. The van der Waals surface area contributed by atoms with Crippen LogP contribution in [0.4, 0.5) is 5.13 Å². The van der Waals surface area contributed by atoms with Crippen molar-refractivity contribution in [3.63, 3.8) is 0 Å². The van der Waals surface area contributed by atoms with E-state index in [9.17, 15) is 0 Å². The van der Waals surface area contributed by atoms with Gasteiger partial charge in [-0.15, -0.1) is 0 Å². The molecule has 1 saturated heterocycles. The second-order valence-corrected chi connectivity index (χ2v) is 5.50. The fraction of sp³-hybridized carbons (Fsp3) is 0.778. The molecule has 0 saturated carbocycles. The van der Waals surface area contributed by atoms with Crippen molar-refractivity contribution in [3.05, 3.63) is 5.82 Å². The molecule has 0 aromatic carbocycles. The summed E-state index contributed by atoms with van der Waals surface area (Å²) in [5.41, 5.74) is 0. The summed E-state index contributed by atoms with van der Waals surface area (Å²) in [6, 6.07) is 0. The quantitative estimate of drug-likeness (QED) is 0.865. The SMILES string of the molecule is Cc1nsc(NCCN2CCSCC2)n1. The monoisotopic (exact) mass is 244 g/mol. The first-order chi connectivity index (χ1) is 7.34. The fourth-order valence-electron chi connectivity index (χ4n) is 1.51. The van der Waals surface area contributed by atoms with Crippen molar-refractivity contribution in [2.45, 2.75) is 6.92 Å². The Hall–Kier alpha value is -0.330. The van der Waals surface area contributed by atoms with Crippen LogP contribution in [-0.4, -0.2) is 51.9 Å². The van der Waals surface area contributed by atoms with Gasteiger partial charge >= 0.3 is 0 Å². The number of thioether (sulfide) groups is 1. The maximum absolute atomic E-state index is 4.27. The van der Waals surface area contributed by atoms with Crippen LogP contribution in [-0.2, 0) is 0 Å². The lowest BCUT2D eigenvalue weighted by Crippen LogP contribution is -2.36. The van der Waals surface area contributed by atoms with E-state index in [0.29, 0.717) is 0 Å². The summed E-state index contributed by atoms with van der Waals surface area (Å²) < 4.78 is 4.13. The molecule has 2 rings (SSSR count). The number of rotatable bonds is 4. The second-order valence-electron chi connectivity index (χ2n) is 3.53. The van der Waals surface area contributed by atoms with Crippen LogP contribution >= 0.6 is 23.3 Å². The van der Waals surface area contributed by atoms with E-state index in [-0.39, 0.29) is 0 Å². The normalized spacial score (nSPS) is 17.9. The standard InChI is InChI=1S/C9H16N4S2/c1-8-11-9(15-12-8)10-2-3-13-4-6-14-7-5-13/h2-7H2,1H3,(H,10,11,12). The Morgan fingerprint density at radius 2 is 2.20 bits per heavy atom. The van der Waals surface area contributed by atoms with E-state index in [1.807, 2.05) is 18.7 Å². The second kappa shape index (κ2) is 5.67. The van der Waals surface area contributed by atoms with Crippen LogP contribution in [0.25, 0.3) is 0 Å². The summed E-state index contributed by atoms with van der Waals surface area (Å²) in [5.74, 6) is 3.41. The third kappa shape index (κ3) is 3.62. The summed E-state index contributed by atoms with van der Waals surface area (Å²) in [4.78, 5) is 6.76. The number of nitrogens with zero attached hydrogens (tertiary/aromatic N) is 3. The lowest BCUT2D eigenvalue weighted by Gasteiger charge is -2.25. The van der Waals surface area contributed by atoms with E-state index >= 15 is 0 Å². The van der Waals surface area contributed by atoms with Gasteiger partial charge in [0, 0.05) is 49.2 Å². The van der Waals surface area contributed by atoms with Gasteiger partial charge in [-0.25, -0.2) is 4.98 Å². The van der Waals surface area contributed by atoms with Gasteiger partial charge in [-0.3, -0.25) is 4.90 Å². The Kier molecular flexibility index (Phi) is 4.22. The highest BCUT2D eigenvalue weighted by atomic mass is 32.2. The number of nitrogens with one attached hydrogen (secondary N) is 1. The van der Waals surface area contributed by atoms with Gasteiger partial charge in [0.15, 0.2) is 0 Å². The molecule has 0 bridgehead atoms. The maximum Gasteiger partial charge on any atom is 0.202 e. The Balaban J connectivity index is 1.65. The van der Waals surface area contributed by atoms with Crippen LogP contribution in [0.3, 0.4) is 0 Å². The maximum atomic E-state index is 4.27. The van der Waals surface area contributed by atoms with Crippen molar-refractivity contribution in [1.82, 2.24) is 14.3 Å². The zero-order chi connectivity index (χ0) is 10.5. The third-order valence-corrected chi connectivity index (χ3v) is 4.04. The molecular weight excluding hydrogens is 228 g/mol. The van der Waals surface area contributed by atoms with Gasteiger partial charge in [-0.1, -0.05) is 0 Å². The van der Waals surface area contributed by atoms with E-state index in [0.717, 1.165) is 24.0 Å². The van der Waals surface area contributed by atoms with E-state index in [2.05, 4.69) is 19.6 Å². The molecular formula is C9H16N4S2. The molecule has 1 N–H and O–H groups in total. The summed E-state index contributed by atoms with van der Waals surface area (Å²) in [7, 11) is 0. The molecule has 0 radical (unpaired) electrons. The van der Waals surface area contributed by atoms with Crippen LogP contribution in [0.1, 0.15) is 5.82 Å². The number of hydrogen-bond donors (Lipinski definition) is 1. The van der Waals surface area contributed by atoms with Crippen molar-refractivity contribution in [3.8, 4) is 0 Å². The minimum absolute atomic E-state index is 0.858. The summed E-state index contributed by atoms with van der Waals surface area (Å²) in [6.07, 6.45) is 0. The molecule has 1 aliphatic heterocycles. The van der Waals surface area contributed by atoms with Crippen LogP contribution in [0, 0.1) is 6.92 Å². The highest BCUT2D eigenvalue weighted by Crippen LogP contribution is 2.11. The molecule has 15 heavy (non-hydrogen) atoms. The van der Waals surface area contributed by atoms with Crippen LogP contribution in [0.15, 0.2) is 0 Å². The molecule has 0 spiro atoms. The van der Waals surface area contributed by atoms with Gasteiger partial charge < -0.3 is 5.32 Å². The van der Waals surface area contributed by atoms with E-state index in [1.54, 1.807) is 0 Å². The number of aryl methyl sites for hydroxylation is 1. The largest absolute Gasteiger partial charge is 0.359 e. The Morgan fingerprint density at radius 1 is 1.40 bits per heavy atom. The molecule has 4 nitrogen and oxygen atoms in total. The van der Waals surface area contributed by atoms with Gasteiger partial charge in [-0.2, -0.15) is 16.1 Å². The molecule has 0 unspecified atom stereocenters. The van der Waals surface area contributed by atoms with Crippen molar-refractivity contribution in [2.24, 2.45) is 0 Å². The predicted molar refractivity (Wildman–Crippen MR) is 66.9 cm³/mol. The lowest BCUT2D eigenvalue weighted by molar-refractivity contribution is 0.314. The minimum Gasteiger partial charge on any atom is -0.359 e. The highest BCUT2D eigenvalue weighted by molar-refractivity contribution is 7.99. The van der Waals surface area contributed by atoms with E-state index in [4.69, 9.17) is 0 Å². The predicted octanol–water partition coefficient (Wildman–Crippen LogP) is 1.31. The average Bonchev–Trinajstić information content (AvgIpc) is 2.66. The third-order valence-electron chi connectivity index (χ3n) is 2.34. The zero-order valence-corrected chi connectivity index (χ0v) is 10.5. The van der Waals surface area contributed by atoms with Gasteiger partial charge in [0.25, 0.3) is 0 Å². The molecule has 1 aromatic rings. The molecule has 0 amide bonds. The highest BCUT2D eigenvalue weighted by Gasteiger charge is 2.09. The Labute approximate surface area is 98.6 Å². The number of aromatic nitrogens is 2. The molecule has 0 aliphatic carbocycles. The first-order valence-electron chi connectivity index (χ1n) is 5.19. The van der Waals surface area contributed by atoms with Crippen molar-refractivity contribution < 1.29 is 0 Å². The van der Waals surface area contributed by atoms with E-state index in [1.165, 1.54) is 36.1 Å². The van der Waals surface area contributed by atoms with Crippen molar-refractivity contribution >= 4 is 28.4 Å². The van der Waals surface area contributed by atoms with Gasteiger partial charge in [0.05, 0.1) is 0 Å². The molecule has 1 aliphatic rings. The smallest absolute Gasteiger partial charge is 0.202 e. The van der Waals surface area contributed by atoms with Crippen LogP contribution < -0.4 is 5.32 Å². The summed E-state index contributed by atoms with van der Waals surface area (Å²) >= 11 is 3.49.